The maximum atomic E-state index is 10.7. The maximum Gasteiger partial charge on any atom is 0.221 e. The van der Waals surface area contributed by atoms with Gasteiger partial charge in [-0.25, -0.2) is 0 Å². The van der Waals surface area contributed by atoms with Gasteiger partial charge in [-0.3, -0.25) is 9.59 Å². The van der Waals surface area contributed by atoms with Crippen LogP contribution >= 0.6 is 0 Å². The second kappa shape index (κ2) is 2.90. The third-order valence-corrected chi connectivity index (χ3v) is 2.25. The molecule has 4 N–H and O–H groups in total. The average molecular weight is 156 g/mol. The second-order valence-electron chi connectivity index (χ2n) is 2.95. The highest BCUT2D eigenvalue weighted by Crippen LogP contribution is 2.30. The summed E-state index contributed by atoms with van der Waals surface area (Å²) in [5.74, 6) is -1.42. The summed E-state index contributed by atoms with van der Waals surface area (Å²) in [5, 5.41) is 0. The molecule has 0 aromatic carbocycles. The first-order valence-corrected chi connectivity index (χ1v) is 3.71. The number of hydrogen-bond donors (Lipinski definition) is 2. The first-order chi connectivity index (χ1) is 5.13. The second-order valence-corrected chi connectivity index (χ2v) is 2.95. The summed E-state index contributed by atoms with van der Waals surface area (Å²) >= 11 is 0. The summed E-state index contributed by atoms with van der Waals surface area (Å²) < 4.78 is 0. The van der Waals surface area contributed by atoms with Crippen molar-refractivity contribution in [3.63, 3.8) is 0 Å². The number of amides is 2. The van der Waals surface area contributed by atoms with Crippen molar-refractivity contribution in [2.75, 3.05) is 0 Å². The van der Waals surface area contributed by atoms with Gasteiger partial charge in [0.2, 0.25) is 11.8 Å². The van der Waals surface area contributed by atoms with Crippen molar-refractivity contribution in [1.82, 2.24) is 0 Å². The number of primary amides is 2. The largest absolute Gasteiger partial charge is 0.369 e. The fraction of sp³-hybridized carbons (Fsp3) is 0.714. The molecule has 1 aliphatic rings. The van der Waals surface area contributed by atoms with Gasteiger partial charge < -0.3 is 11.5 Å². The van der Waals surface area contributed by atoms with Gasteiger partial charge >= 0.3 is 0 Å². The van der Waals surface area contributed by atoms with Gasteiger partial charge in [0.1, 0.15) is 0 Å². The van der Waals surface area contributed by atoms with Crippen molar-refractivity contribution in [2.24, 2.45) is 23.3 Å². The third-order valence-electron chi connectivity index (χ3n) is 2.25. The van der Waals surface area contributed by atoms with E-state index < -0.39 is 11.8 Å². The minimum absolute atomic E-state index is 0.313. The molecular weight excluding hydrogens is 144 g/mol. The third kappa shape index (κ3) is 1.50. The molecule has 11 heavy (non-hydrogen) atoms. The molecule has 2 atom stereocenters. The lowest BCUT2D eigenvalue weighted by Gasteiger charge is -2.11. The van der Waals surface area contributed by atoms with E-state index in [0.29, 0.717) is 12.8 Å². The molecule has 0 radical (unpaired) electrons. The summed E-state index contributed by atoms with van der Waals surface area (Å²) in [6.07, 6.45) is 2.30. The number of hydrogen-bond acceptors (Lipinski definition) is 2. The maximum absolute atomic E-state index is 10.7. The van der Waals surface area contributed by atoms with Crippen LogP contribution in [-0.4, -0.2) is 11.8 Å². The monoisotopic (exact) mass is 156 g/mol. The molecule has 1 saturated carbocycles. The van der Waals surface area contributed by atoms with Crippen LogP contribution in [0.2, 0.25) is 0 Å². The topological polar surface area (TPSA) is 86.2 Å². The zero-order valence-electron chi connectivity index (χ0n) is 6.25. The van der Waals surface area contributed by atoms with Crippen molar-refractivity contribution in [3.8, 4) is 0 Å². The van der Waals surface area contributed by atoms with E-state index in [-0.39, 0.29) is 11.8 Å². The fourth-order valence-corrected chi connectivity index (χ4v) is 1.64. The molecule has 1 fully saturated rings. The van der Waals surface area contributed by atoms with Crippen LogP contribution in [0.3, 0.4) is 0 Å². The molecule has 1 rings (SSSR count). The van der Waals surface area contributed by atoms with Gasteiger partial charge in [0, 0.05) is 11.8 Å². The minimum atomic E-state index is -0.397. The van der Waals surface area contributed by atoms with E-state index in [1.807, 2.05) is 0 Å². The first kappa shape index (κ1) is 8.04. The Morgan fingerprint density at radius 3 is 1.64 bits per heavy atom. The highest BCUT2D eigenvalue weighted by Gasteiger charge is 2.34. The van der Waals surface area contributed by atoms with E-state index >= 15 is 0 Å². The molecule has 0 bridgehead atoms. The lowest BCUT2D eigenvalue weighted by Crippen LogP contribution is -2.34. The summed E-state index contributed by atoms with van der Waals surface area (Å²) in [7, 11) is 0. The van der Waals surface area contributed by atoms with Crippen LogP contribution in [0.1, 0.15) is 19.3 Å². The van der Waals surface area contributed by atoms with Gasteiger partial charge in [-0.2, -0.15) is 0 Å². The minimum Gasteiger partial charge on any atom is -0.369 e. The number of carbonyl (C=O) groups is 2. The Balaban J connectivity index is 2.65. The average Bonchev–Trinajstić information content (AvgIpc) is 2.32. The number of carbonyl (C=O) groups excluding carboxylic acids is 2. The Morgan fingerprint density at radius 2 is 1.36 bits per heavy atom. The van der Waals surface area contributed by atoms with Crippen molar-refractivity contribution >= 4 is 11.8 Å². The summed E-state index contributed by atoms with van der Waals surface area (Å²) in [6.45, 7) is 0. The van der Waals surface area contributed by atoms with E-state index in [9.17, 15) is 9.59 Å². The molecule has 0 heterocycles. The van der Waals surface area contributed by atoms with E-state index in [4.69, 9.17) is 11.5 Å². The van der Waals surface area contributed by atoms with E-state index in [2.05, 4.69) is 0 Å². The predicted octanol–water partition coefficient (Wildman–Crippen LogP) is -0.627. The van der Waals surface area contributed by atoms with Crippen molar-refractivity contribution in [3.05, 3.63) is 0 Å². The fourth-order valence-electron chi connectivity index (χ4n) is 1.64. The van der Waals surface area contributed by atoms with Crippen molar-refractivity contribution in [1.29, 1.82) is 0 Å². The molecule has 4 nitrogen and oxygen atoms in total. The molecular formula is C7H12N2O2. The van der Waals surface area contributed by atoms with Crippen LogP contribution in [0.15, 0.2) is 0 Å². The van der Waals surface area contributed by atoms with Crippen LogP contribution in [0.4, 0.5) is 0 Å². The molecule has 2 amide bonds. The Morgan fingerprint density at radius 1 is 1.00 bits per heavy atom. The Labute approximate surface area is 64.9 Å². The highest BCUT2D eigenvalue weighted by atomic mass is 16.2. The van der Waals surface area contributed by atoms with Crippen LogP contribution in [-0.2, 0) is 9.59 Å². The normalized spacial score (nSPS) is 30.2. The van der Waals surface area contributed by atoms with E-state index in [0.717, 1.165) is 6.42 Å². The Hall–Kier alpha value is -1.06. The summed E-state index contributed by atoms with van der Waals surface area (Å²) in [4.78, 5) is 21.5. The zero-order valence-corrected chi connectivity index (χ0v) is 6.25. The summed E-state index contributed by atoms with van der Waals surface area (Å²) in [5.41, 5.74) is 10.2. The molecule has 0 saturated heterocycles. The predicted molar refractivity (Wildman–Crippen MR) is 39.2 cm³/mol. The molecule has 0 spiro atoms. The van der Waals surface area contributed by atoms with Gasteiger partial charge in [-0.15, -0.1) is 0 Å². The molecule has 0 aromatic rings. The zero-order chi connectivity index (χ0) is 8.43. The van der Waals surface area contributed by atoms with Crippen LogP contribution in [0, 0.1) is 11.8 Å². The highest BCUT2D eigenvalue weighted by molar-refractivity contribution is 5.86. The quantitative estimate of drug-likeness (QED) is 0.557. The lowest BCUT2D eigenvalue weighted by molar-refractivity contribution is -0.130. The molecule has 0 aliphatic heterocycles. The smallest absolute Gasteiger partial charge is 0.221 e. The Kier molecular flexibility index (Phi) is 2.12. The standard InChI is InChI=1S/C7H12N2O2/c8-6(10)4-2-1-3-5(4)7(9)11/h4-5H,1-3H2,(H2,8,10)(H2,9,11). The molecule has 62 valence electrons. The first-order valence-electron chi connectivity index (χ1n) is 3.71. The van der Waals surface area contributed by atoms with Gasteiger partial charge in [-0.05, 0) is 12.8 Å². The van der Waals surface area contributed by atoms with Gasteiger partial charge in [0.25, 0.3) is 0 Å². The van der Waals surface area contributed by atoms with Crippen LogP contribution < -0.4 is 11.5 Å². The molecule has 2 unspecified atom stereocenters. The molecule has 4 heteroatoms. The van der Waals surface area contributed by atoms with Gasteiger partial charge in [-0.1, -0.05) is 6.42 Å². The summed E-state index contributed by atoms with van der Waals surface area (Å²) in [6, 6.07) is 0. The number of rotatable bonds is 2. The van der Waals surface area contributed by atoms with Crippen molar-refractivity contribution < 1.29 is 9.59 Å². The van der Waals surface area contributed by atoms with E-state index in [1.165, 1.54) is 0 Å². The Bertz CT molecular complexity index is 171. The van der Waals surface area contributed by atoms with Gasteiger partial charge in [0.15, 0.2) is 0 Å². The molecule has 0 aromatic heterocycles. The van der Waals surface area contributed by atoms with Crippen LogP contribution in [0.25, 0.3) is 0 Å². The van der Waals surface area contributed by atoms with Crippen molar-refractivity contribution in [2.45, 2.75) is 19.3 Å². The van der Waals surface area contributed by atoms with Gasteiger partial charge in [0.05, 0.1) is 0 Å². The number of nitrogens with two attached hydrogens (primary N) is 2. The molecule has 1 aliphatic carbocycles. The van der Waals surface area contributed by atoms with Crippen LogP contribution in [0.5, 0.6) is 0 Å². The lowest BCUT2D eigenvalue weighted by atomic mass is 9.95. The SMILES string of the molecule is NC(=O)C1CCCC1C(N)=O. The van der Waals surface area contributed by atoms with E-state index in [1.54, 1.807) is 0 Å².